The molecule has 2 rings (SSSR count). The van der Waals surface area contributed by atoms with Gasteiger partial charge in [0.25, 0.3) is 0 Å². The Bertz CT molecular complexity index is 614. The molecule has 0 aromatic heterocycles. The van der Waals surface area contributed by atoms with Crippen LogP contribution in [0.5, 0.6) is 5.75 Å². The highest BCUT2D eigenvalue weighted by Crippen LogP contribution is 2.35. The summed E-state index contributed by atoms with van der Waals surface area (Å²) in [4.78, 5) is 0. The van der Waals surface area contributed by atoms with Crippen molar-refractivity contribution >= 4 is 23.2 Å². The number of halogens is 3. The molecule has 0 saturated carbocycles. The van der Waals surface area contributed by atoms with Crippen LogP contribution in [0.2, 0.25) is 10.0 Å². The van der Waals surface area contributed by atoms with Crippen molar-refractivity contribution in [1.82, 2.24) is 0 Å². The third kappa shape index (κ3) is 4.10. The zero-order valence-electron chi connectivity index (χ0n) is 11.4. The second-order valence-electron chi connectivity index (χ2n) is 4.58. The van der Waals surface area contributed by atoms with Gasteiger partial charge in [-0.15, -0.1) is 0 Å². The van der Waals surface area contributed by atoms with Gasteiger partial charge in [-0.2, -0.15) is 0 Å². The quantitative estimate of drug-likeness (QED) is 0.853. The highest BCUT2D eigenvalue weighted by Gasteiger charge is 2.16. The van der Waals surface area contributed by atoms with Gasteiger partial charge < -0.3 is 9.84 Å². The highest BCUT2D eigenvalue weighted by atomic mass is 35.5. The van der Waals surface area contributed by atoms with Crippen molar-refractivity contribution in [2.75, 3.05) is 6.61 Å². The first-order chi connectivity index (χ1) is 10.0. The zero-order chi connectivity index (χ0) is 15.4. The van der Waals surface area contributed by atoms with Gasteiger partial charge >= 0.3 is 0 Å². The highest BCUT2D eigenvalue weighted by molar-refractivity contribution is 6.34. The number of benzene rings is 2. The van der Waals surface area contributed by atoms with Crippen LogP contribution < -0.4 is 4.74 Å². The van der Waals surface area contributed by atoms with Gasteiger partial charge in [0.1, 0.15) is 11.6 Å². The van der Waals surface area contributed by atoms with Crippen molar-refractivity contribution in [2.24, 2.45) is 0 Å². The van der Waals surface area contributed by atoms with E-state index in [1.807, 2.05) is 6.92 Å². The van der Waals surface area contributed by atoms with Crippen LogP contribution in [-0.2, 0) is 6.42 Å². The van der Waals surface area contributed by atoms with E-state index in [9.17, 15) is 9.50 Å². The molecule has 0 radical (unpaired) electrons. The Kier molecular flexibility index (Phi) is 5.45. The molecular formula is C16H15Cl2FO2. The molecule has 2 aromatic carbocycles. The average Bonchev–Trinajstić information content (AvgIpc) is 2.45. The first-order valence-electron chi connectivity index (χ1n) is 6.55. The lowest BCUT2D eigenvalue weighted by Gasteiger charge is -2.15. The van der Waals surface area contributed by atoms with E-state index in [1.165, 1.54) is 12.1 Å². The van der Waals surface area contributed by atoms with Gasteiger partial charge in [-0.3, -0.25) is 0 Å². The molecule has 21 heavy (non-hydrogen) atoms. The molecule has 5 heteroatoms. The normalized spacial score (nSPS) is 12.2. The summed E-state index contributed by atoms with van der Waals surface area (Å²) in [6, 6.07) is 9.16. The summed E-state index contributed by atoms with van der Waals surface area (Å²) in [5.41, 5.74) is 1.33. The standard InChI is InChI=1S/C16H15Cl2FO2/c1-2-21-16-9-13(17)12(8-14(16)18)15(20)7-10-3-5-11(19)6-4-10/h3-6,8-9,15,20H,2,7H2,1H3. The first-order valence-corrected chi connectivity index (χ1v) is 7.31. The fourth-order valence-electron chi connectivity index (χ4n) is 2.02. The zero-order valence-corrected chi connectivity index (χ0v) is 13.0. The van der Waals surface area contributed by atoms with Gasteiger partial charge in [-0.25, -0.2) is 4.39 Å². The van der Waals surface area contributed by atoms with Crippen LogP contribution in [-0.4, -0.2) is 11.7 Å². The smallest absolute Gasteiger partial charge is 0.139 e. The minimum atomic E-state index is -0.823. The van der Waals surface area contributed by atoms with Crippen molar-refractivity contribution in [3.05, 3.63) is 63.4 Å². The second kappa shape index (κ2) is 7.12. The molecule has 1 N–H and O–H groups in total. The molecule has 0 aliphatic carbocycles. The Labute approximate surface area is 133 Å². The molecule has 0 saturated heterocycles. The third-order valence-corrected chi connectivity index (χ3v) is 3.68. The molecule has 0 aliphatic heterocycles. The van der Waals surface area contributed by atoms with Crippen molar-refractivity contribution in [3.8, 4) is 5.75 Å². The van der Waals surface area contributed by atoms with E-state index < -0.39 is 6.10 Å². The van der Waals surface area contributed by atoms with Crippen LogP contribution in [0, 0.1) is 5.82 Å². The monoisotopic (exact) mass is 328 g/mol. The van der Waals surface area contributed by atoms with Crippen molar-refractivity contribution in [1.29, 1.82) is 0 Å². The molecule has 0 spiro atoms. The van der Waals surface area contributed by atoms with Crippen LogP contribution >= 0.6 is 23.2 Å². The van der Waals surface area contributed by atoms with E-state index in [4.69, 9.17) is 27.9 Å². The molecule has 2 aromatic rings. The van der Waals surface area contributed by atoms with E-state index in [0.29, 0.717) is 34.4 Å². The van der Waals surface area contributed by atoms with Gasteiger partial charge in [0.2, 0.25) is 0 Å². The maximum absolute atomic E-state index is 12.9. The third-order valence-electron chi connectivity index (χ3n) is 3.05. The summed E-state index contributed by atoms with van der Waals surface area (Å²) in [6.45, 7) is 2.33. The van der Waals surface area contributed by atoms with Gasteiger partial charge in [-0.05, 0) is 30.7 Å². The molecular weight excluding hydrogens is 314 g/mol. The molecule has 1 unspecified atom stereocenters. The lowest BCUT2D eigenvalue weighted by atomic mass is 10.0. The Morgan fingerprint density at radius 3 is 2.43 bits per heavy atom. The van der Waals surface area contributed by atoms with Gasteiger partial charge in [0.05, 0.1) is 22.8 Å². The number of hydrogen-bond donors (Lipinski definition) is 1. The lowest BCUT2D eigenvalue weighted by Crippen LogP contribution is -2.04. The van der Waals surface area contributed by atoms with Crippen LogP contribution in [0.4, 0.5) is 4.39 Å². The summed E-state index contributed by atoms with van der Waals surface area (Å²) in [5, 5.41) is 11.1. The molecule has 0 bridgehead atoms. The Balaban J connectivity index is 2.20. The fourth-order valence-corrected chi connectivity index (χ4v) is 2.53. The minimum Gasteiger partial charge on any atom is -0.492 e. The van der Waals surface area contributed by atoms with Crippen LogP contribution in [0.15, 0.2) is 36.4 Å². The summed E-state index contributed by atoms with van der Waals surface area (Å²) in [7, 11) is 0. The maximum Gasteiger partial charge on any atom is 0.139 e. The van der Waals surface area contributed by atoms with Crippen LogP contribution in [0.1, 0.15) is 24.2 Å². The molecule has 0 fully saturated rings. The van der Waals surface area contributed by atoms with Crippen molar-refractivity contribution in [3.63, 3.8) is 0 Å². The molecule has 0 heterocycles. The predicted octanol–water partition coefficient (Wildman–Crippen LogP) is 4.81. The van der Waals surface area contributed by atoms with E-state index in [-0.39, 0.29) is 5.82 Å². The predicted molar refractivity (Wildman–Crippen MR) is 82.7 cm³/mol. The van der Waals surface area contributed by atoms with Crippen LogP contribution in [0.25, 0.3) is 0 Å². The molecule has 0 amide bonds. The van der Waals surface area contributed by atoms with E-state index in [0.717, 1.165) is 5.56 Å². The Morgan fingerprint density at radius 2 is 1.81 bits per heavy atom. The number of aliphatic hydroxyl groups excluding tert-OH is 1. The first kappa shape index (κ1) is 16.1. The molecule has 1 atom stereocenters. The number of ether oxygens (including phenoxy) is 1. The average molecular weight is 329 g/mol. The SMILES string of the molecule is CCOc1cc(Cl)c(C(O)Cc2ccc(F)cc2)cc1Cl. The van der Waals surface area contributed by atoms with E-state index >= 15 is 0 Å². The van der Waals surface area contributed by atoms with Gasteiger partial charge in [-0.1, -0.05) is 35.3 Å². The summed E-state index contributed by atoms with van der Waals surface area (Å²) >= 11 is 12.3. The van der Waals surface area contributed by atoms with E-state index in [2.05, 4.69) is 0 Å². The maximum atomic E-state index is 12.9. The largest absolute Gasteiger partial charge is 0.492 e. The Morgan fingerprint density at radius 1 is 1.14 bits per heavy atom. The summed E-state index contributed by atoms with van der Waals surface area (Å²) in [6.07, 6.45) is -0.499. The topological polar surface area (TPSA) is 29.5 Å². The van der Waals surface area contributed by atoms with Gasteiger partial charge in [0.15, 0.2) is 0 Å². The lowest BCUT2D eigenvalue weighted by molar-refractivity contribution is 0.178. The number of hydrogen-bond acceptors (Lipinski definition) is 2. The van der Waals surface area contributed by atoms with E-state index in [1.54, 1.807) is 24.3 Å². The summed E-state index contributed by atoms with van der Waals surface area (Å²) < 4.78 is 18.2. The molecule has 0 aliphatic rings. The summed E-state index contributed by atoms with van der Waals surface area (Å²) in [5.74, 6) is 0.178. The van der Waals surface area contributed by atoms with Crippen molar-refractivity contribution < 1.29 is 14.2 Å². The second-order valence-corrected chi connectivity index (χ2v) is 5.40. The van der Waals surface area contributed by atoms with Crippen LogP contribution in [0.3, 0.4) is 0 Å². The minimum absolute atomic E-state index is 0.310. The molecule has 112 valence electrons. The Hall–Kier alpha value is -1.29. The number of aliphatic hydroxyl groups is 1. The van der Waals surface area contributed by atoms with Crippen molar-refractivity contribution in [2.45, 2.75) is 19.4 Å². The fraction of sp³-hybridized carbons (Fsp3) is 0.250. The number of rotatable bonds is 5. The molecule has 2 nitrogen and oxygen atoms in total. The van der Waals surface area contributed by atoms with Gasteiger partial charge in [0, 0.05) is 18.1 Å².